The Labute approximate surface area is 88.3 Å². The highest BCUT2D eigenvalue weighted by molar-refractivity contribution is 5.37. The average molecular weight is 208 g/mol. The normalized spacial score (nSPS) is 26.7. The molecular weight excluding hydrogens is 192 g/mol. The third-order valence-corrected chi connectivity index (χ3v) is 2.96. The molecule has 5 heteroatoms. The number of rotatable bonds is 1. The van der Waals surface area contributed by atoms with E-state index in [-0.39, 0.29) is 11.6 Å². The Hall–Kier alpha value is -1.36. The van der Waals surface area contributed by atoms with Crippen molar-refractivity contribution in [2.45, 2.75) is 19.4 Å². The Morgan fingerprint density at radius 3 is 3.13 bits per heavy atom. The highest BCUT2D eigenvalue weighted by atomic mass is 16.1. The lowest BCUT2D eigenvalue weighted by Crippen LogP contribution is -2.46. The molecule has 0 aliphatic carbocycles. The largest absolute Gasteiger partial charge is 0.356 e. The van der Waals surface area contributed by atoms with E-state index in [1.165, 1.54) is 12.4 Å². The summed E-state index contributed by atoms with van der Waals surface area (Å²) in [4.78, 5) is 19.9. The Balaban J connectivity index is 2.15. The number of nitrogens with zero attached hydrogens (tertiary/aromatic N) is 2. The second kappa shape index (κ2) is 4.02. The standard InChI is InChI=1S/C10H16N4O/c1-7-5-14(3-2-8(7)11)9-4-10(15)13-6-12-9/h4,6-8H,2-3,5,11H2,1H3,(H,12,13,15). The zero-order chi connectivity index (χ0) is 10.8. The van der Waals surface area contributed by atoms with Crippen molar-refractivity contribution in [3.05, 3.63) is 22.7 Å². The summed E-state index contributed by atoms with van der Waals surface area (Å²) < 4.78 is 0. The third-order valence-electron chi connectivity index (χ3n) is 2.96. The van der Waals surface area contributed by atoms with Gasteiger partial charge in [-0.25, -0.2) is 4.98 Å². The van der Waals surface area contributed by atoms with Crippen LogP contribution in [0.5, 0.6) is 0 Å². The van der Waals surface area contributed by atoms with Crippen LogP contribution < -0.4 is 16.2 Å². The minimum atomic E-state index is -0.109. The van der Waals surface area contributed by atoms with Crippen molar-refractivity contribution < 1.29 is 0 Å². The summed E-state index contributed by atoms with van der Waals surface area (Å²) in [5.74, 6) is 1.19. The summed E-state index contributed by atoms with van der Waals surface area (Å²) in [6, 6.07) is 1.80. The molecule has 2 unspecified atom stereocenters. The molecule has 2 rings (SSSR count). The molecule has 1 saturated heterocycles. The van der Waals surface area contributed by atoms with Gasteiger partial charge in [-0.05, 0) is 12.3 Å². The molecule has 1 aromatic rings. The first-order chi connectivity index (χ1) is 7.16. The Morgan fingerprint density at radius 1 is 1.67 bits per heavy atom. The Bertz CT molecular complexity index is 389. The van der Waals surface area contributed by atoms with E-state index in [1.807, 2.05) is 0 Å². The zero-order valence-corrected chi connectivity index (χ0v) is 8.81. The van der Waals surface area contributed by atoms with Gasteiger partial charge in [0.25, 0.3) is 5.56 Å². The van der Waals surface area contributed by atoms with Crippen LogP contribution in [0, 0.1) is 5.92 Å². The predicted molar refractivity (Wildman–Crippen MR) is 58.8 cm³/mol. The van der Waals surface area contributed by atoms with Crippen LogP contribution in [0.25, 0.3) is 0 Å². The molecule has 82 valence electrons. The van der Waals surface area contributed by atoms with Crippen LogP contribution in [-0.4, -0.2) is 29.1 Å². The van der Waals surface area contributed by atoms with Crippen molar-refractivity contribution in [1.82, 2.24) is 9.97 Å². The molecular formula is C10H16N4O. The number of piperidine rings is 1. The monoisotopic (exact) mass is 208 g/mol. The summed E-state index contributed by atoms with van der Waals surface area (Å²) in [6.45, 7) is 3.88. The minimum Gasteiger partial charge on any atom is -0.356 e. The van der Waals surface area contributed by atoms with Gasteiger partial charge in [0.1, 0.15) is 5.82 Å². The molecule has 1 aliphatic heterocycles. The van der Waals surface area contributed by atoms with Crippen molar-refractivity contribution in [3.8, 4) is 0 Å². The van der Waals surface area contributed by atoms with Crippen LogP contribution >= 0.6 is 0 Å². The van der Waals surface area contributed by atoms with Crippen molar-refractivity contribution >= 4 is 5.82 Å². The van der Waals surface area contributed by atoms with Gasteiger partial charge in [0, 0.05) is 25.2 Å². The van der Waals surface area contributed by atoms with E-state index in [2.05, 4.69) is 21.8 Å². The maximum atomic E-state index is 11.1. The third kappa shape index (κ3) is 2.18. The van der Waals surface area contributed by atoms with Gasteiger partial charge in [-0.1, -0.05) is 6.92 Å². The number of H-pyrrole nitrogens is 1. The van der Waals surface area contributed by atoms with Crippen molar-refractivity contribution in [2.24, 2.45) is 11.7 Å². The molecule has 2 heterocycles. The van der Waals surface area contributed by atoms with E-state index in [0.29, 0.717) is 5.92 Å². The molecule has 1 aliphatic rings. The molecule has 0 saturated carbocycles. The van der Waals surface area contributed by atoms with Crippen LogP contribution in [0.1, 0.15) is 13.3 Å². The van der Waals surface area contributed by atoms with E-state index in [0.717, 1.165) is 25.3 Å². The average Bonchev–Trinajstić information content (AvgIpc) is 2.22. The first kappa shape index (κ1) is 10.2. The van der Waals surface area contributed by atoms with Gasteiger partial charge in [0.2, 0.25) is 0 Å². The molecule has 15 heavy (non-hydrogen) atoms. The summed E-state index contributed by atoms with van der Waals surface area (Å²) in [5, 5.41) is 0. The summed E-state index contributed by atoms with van der Waals surface area (Å²) in [6.07, 6.45) is 2.40. The fourth-order valence-electron chi connectivity index (χ4n) is 1.90. The molecule has 1 aromatic heterocycles. The minimum absolute atomic E-state index is 0.109. The molecule has 1 fully saturated rings. The van der Waals surface area contributed by atoms with Gasteiger partial charge in [-0.15, -0.1) is 0 Å². The van der Waals surface area contributed by atoms with Gasteiger partial charge < -0.3 is 15.6 Å². The highest BCUT2D eigenvalue weighted by Crippen LogP contribution is 2.18. The lowest BCUT2D eigenvalue weighted by atomic mass is 9.95. The Morgan fingerprint density at radius 2 is 2.47 bits per heavy atom. The first-order valence-corrected chi connectivity index (χ1v) is 5.22. The first-order valence-electron chi connectivity index (χ1n) is 5.22. The molecule has 0 aromatic carbocycles. The maximum absolute atomic E-state index is 11.1. The summed E-state index contributed by atoms with van der Waals surface area (Å²) in [7, 11) is 0. The van der Waals surface area contributed by atoms with E-state index >= 15 is 0 Å². The van der Waals surface area contributed by atoms with Crippen LogP contribution in [0.15, 0.2) is 17.2 Å². The smallest absolute Gasteiger partial charge is 0.252 e. The SMILES string of the molecule is CC1CN(c2cc(=O)[nH]cn2)CCC1N. The number of aromatic amines is 1. The lowest BCUT2D eigenvalue weighted by molar-refractivity contribution is 0.381. The summed E-state index contributed by atoms with van der Waals surface area (Å²) >= 11 is 0. The van der Waals surface area contributed by atoms with Gasteiger partial charge >= 0.3 is 0 Å². The van der Waals surface area contributed by atoms with Crippen LogP contribution in [0.3, 0.4) is 0 Å². The maximum Gasteiger partial charge on any atom is 0.252 e. The number of aromatic nitrogens is 2. The fourth-order valence-corrected chi connectivity index (χ4v) is 1.90. The number of hydrogen-bond donors (Lipinski definition) is 2. The molecule has 3 N–H and O–H groups in total. The number of hydrogen-bond acceptors (Lipinski definition) is 4. The van der Waals surface area contributed by atoms with Gasteiger partial charge in [0.15, 0.2) is 0 Å². The molecule has 0 radical (unpaired) electrons. The van der Waals surface area contributed by atoms with Crippen LogP contribution in [0.4, 0.5) is 5.82 Å². The molecule has 0 spiro atoms. The number of anilines is 1. The second-order valence-electron chi connectivity index (χ2n) is 4.15. The van der Waals surface area contributed by atoms with Gasteiger partial charge in [-0.2, -0.15) is 0 Å². The fraction of sp³-hybridized carbons (Fsp3) is 0.600. The van der Waals surface area contributed by atoms with Crippen molar-refractivity contribution in [1.29, 1.82) is 0 Å². The predicted octanol–water partition coefficient (Wildman–Crippen LogP) is -0.0566. The highest BCUT2D eigenvalue weighted by Gasteiger charge is 2.23. The van der Waals surface area contributed by atoms with E-state index in [1.54, 1.807) is 0 Å². The summed E-state index contributed by atoms with van der Waals surface area (Å²) in [5.41, 5.74) is 5.82. The van der Waals surface area contributed by atoms with Crippen LogP contribution in [-0.2, 0) is 0 Å². The van der Waals surface area contributed by atoms with Crippen LogP contribution in [0.2, 0.25) is 0 Å². The quantitative estimate of drug-likeness (QED) is 0.678. The van der Waals surface area contributed by atoms with Crippen molar-refractivity contribution in [2.75, 3.05) is 18.0 Å². The molecule has 0 bridgehead atoms. The topological polar surface area (TPSA) is 75.0 Å². The van der Waals surface area contributed by atoms with E-state index in [9.17, 15) is 4.79 Å². The van der Waals surface area contributed by atoms with Gasteiger partial charge in [-0.3, -0.25) is 4.79 Å². The molecule has 2 atom stereocenters. The molecule has 0 amide bonds. The second-order valence-corrected chi connectivity index (χ2v) is 4.15. The zero-order valence-electron chi connectivity index (χ0n) is 8.81. The van der Waals surface area contributed by atoms with Gasteiger partial charge in [0.05, 0.1) is 6.33 Å². The molecule has 5 nitrogen and oxygen atoms in total. The van der Waals surface area contributed by atoms with E-state index < -0.39 is 0 Å². The Kier molecular flexibility index (Phi) is 2.73. The number of nitrogens with two attached hydrogens (primary N) is 1. The lowest BCUT2D eigenvalue weighted by Gasteiger charge is -2.35. The number of nitrogens with one attached hydrogen (secondary N) is 1. The van der Waals surface area contributed by atoms with Crippen molar-refractivity contribution in [3.63, 3.8) is 0 Å². The van der Waals surface area contributed by atoms with E-state index in [4.69, 9.17) is 5.73 Å².